The molecule has 0 unspecified atom stereocenters. The predicted octanol–water partition coefficient (Wildman–Crippen LogP) is 5.27. The number of carbonyl (C=O) groups excluding carboxylic acids is 1. The van der Waals surface area contributed by atoms with Crippen LogP contribution in [0.3, 0.4) is 0 Å². The normalized spacial score (nSPS) is 15.1. The van der Waals surface area contributed by atoms with Crippen molar-refractivity contribution in [2.75, 3.05) is 23.1 Å². The van der Waals surface area contributed by atoms with Gasteiger partial charge in [-0.05, 0) is 86.0 Å². The third-order valence-electron chi connectivity index (χ3n) is 6.18. The van der Waals surface area contributed by atoms with Crippen molar-refractivity contribution in [1.29, 1.82) is 0 Å². The Bertz CT molecular complexity index is 1480. The summed E-state index contributed by atoms with van der Waals surface area (Å²) in [6, 6.07) is 16.5. The number of halogens is 1. The molecular formula is C26H28ClN3O5S2. The Morgan fingerprint density at radius 2 is 1.35 bits per heavy atom. The number of hydrogen-bond donors (Lipinski definition) is 2. The van der Waals surface area contributed by atoms with E-state index >= 15 is 0 Å². The molecule has 0 aromatic heterocycles. The molecule has 1 fully saturated rings. The maximum atomic E-state index is 13.2. The summed E-state index contributed by atoms with van der Waals surface area (Å²) in [6.07, 6.45) is 3.65. The minimum Gasteiger partial charge on any atom is -0.322 e. The quantitative estimate of drug-likeness (QED) is 0.408. The molecule has 4 rings (SSSR count). The maximum absolute atomic E-state index is 13.2. The van der Waals surface area contributed by atoms with Gasteiger partial charge in [0.1, 0.15) is 0 Å². The van der Waals surface area contributed by atoms with Gasteiger partial charge in [-0.2, -0.15) is 4.31 Å². The lowest BCUT2D eigenvalue weighted by atomic mass is 10.1. The number of amides is 1. The van der Waals surface area contributed by atoms with Crippen molar-refractivity contribution in [3.63, 3.8) is 0 Å². The van der Waals surface area contributed by atoms with Gasteiger partial charge >= 0.3 is 0 Å². The predicted molar refractivity (Wildman–Crippen MR) is 145 cm³/mol. The topological polar surface area (TPSA) is 113 Å². The lowest BCUT2D eigenvalue weighted by Crippen LogP contribution is -2.32. The Morgan fingerprint density at radius 1 is 0.784 bits per heavy atom. The summed E-state index contributed by atoms with van der Waals surface area (Å²) in [7, 11) is -7.55. The van der Waals surface area contributed by atoms with E-state index in [1.54, 1.807) is 37.3 Å². The van der Waals surface area contributed by atoms with E-state index in [1.807, 2.05) is 0 Å². The Balaban J connectivity index is 1.49. The second-order valence-electron chi connectivity index (χ2n) is 8.89. The summed E-state index contributed by atoms with van der Waals surface area (Å²) in [5.74, 6) is -0.486. The van der Waals surface area contributed by atoms with Crippen LogP contribution in [-0.4, -0.2) is 40.1 Å². The highest BCUT2D eigenvalue weighted by atomic mass is 35.5. The van der Waals surface area contributed by atoms with Crippen LogP contribution in [0, 0.1) is 6.92 Å². The van der Waals surface area contributed by atoms with E-state index in [0.29, 0.717) is 35.1 Å². The molecule has 1 amide bonds. The first-order valence-electron chi connectivity index (χ1n) is 11.9. The number of nitrogens with zero attached hydrogens (tertiary/aromatic N) is 1. The van der Waals surface area contributed by atoms with Gasteiger partial charge in [0.05, 0.1) is 9.79 Å². The Morgan fingerprint density at radius 3 is 1.97 bits per heavy atom. The number of anilines is 2. The average Bonchev–Trinajstić information content (AvgIpc) is 3.16. The van der Waals surface area contributed by atoms with Crippen molar-refractivity contribution in [2.45, 2.75) is 42.4 Å². The Kier molecular flexibility index (Phi) is 8.23. The summed E-state index contributed by atoms with van der Waals surface area (Å²) in [5, 5.41) is 3.21. The molecule has 37 heavy (non-hydrogen) atoms. The number of benzene rings is 3. The van der Waals surface area contributed by atoms with E-state index in [-0.39, 0.29) is 15.4 Å². The van der Waals surface area contributed by atoms with Crippen LogP contribution in [0.15, 0.2) is 76.5 Å². The first-order chi connectivity index (χ1) is 17.6. The highest BCUT2D eigenvalue weighted by Crippen LogP contribution is 2.24. The van der Waals surface area contributed by atoms with Crippen LogP contribution in [-0.2, 0) is 20.0 Å². The molecule has 0 aliphatic carbocycles. The molecule has 0 atom stereocenters. The number of nitrogens with one attached hydrogen (secondary N) is 2. The number of carbonyl (C=O) groups is 1. The van der Waals surface area contributed by atoms with E-state index in [1.165, 1.54) is 40.7 Å². The molecule has 0 bridgehead atoms. The van der Waals surface area contributed by atoms with Gasteiger partial charge in [0.25, 0.3) is 15.9 Å². The first-order valence-corrected chi connectivity index (χ1v) is 15.2. The SMILES string of the molecule is Cc1ccc(S(=O)(=O)N2CCCCCC2)cc1C(=O)Nc1ccc(S(=O)(=O)Nc2ccc(Cl)cc2)cc1. The zero-order valence-corrected chi connectivity index (χ0v) is 22.7. The molecule has 1 heterocycles. The molecule has 196 valence electrons. The fourth-order valence-electron chi connectivity index (χ4n) is 4.09. The fourth-order valence-corrected chi connectivity index (χ4v) is 6.81. The van der Waals surface area contributed by atoms with Crippen molar-refractivity contribution in [2.24, 2.45) is 0 Å². The van der Waals surface area contributed by atoms with Crippen LogP contribution in [0.25, 0.3) is 0 Å². The first kappa shape index (κ1) is 27.1. The lowest BCUT2D eigenvalue weighted by Gasteiger charge is -2.20. The molecule has 1 aliphatic rings. The molecule has 11 heteroatoms. The van der Waals surface area contributed by atoms with Crippen LogP contribution in [0.1, 0.15) is 41.6 Å². The number of sulfonamides is 2. The van der Waals surface area contributed by atoms with Gasteiger partial charge in [0, 0.05) is 35.1 Å². The second-order valence-corrected chi connectivity index (χ2v) is 12.9. The highest BCUT2D eigenvalue weighted by molar-refractivity contribution is 7.92. The van der Waals surface area contributed by atoms with Crippen molar-refractivity contribution in [3.05, 3.63) is 82.9 Å². The van der Waals surface area contributed by atoms with Gasteiger partial charge in [-0.25, -0.2) is 16.8 Å². The van der Waals surface area contributed by atoms with Gasteiger partial charge in [0.2, 0.25) is 10.0 Å². The zero-order chi connectivity index (χ0) is 26.6. The fraction of sp³-hybridized carbons (Fsp3) is 0.269. The van der Waals surface area contributed by atoms with Gasteiger partial charge in [0.15, 0.2) is 0 Å². The van der Waals surface area contributed by atoms with Crippen LogP contribution in [0.2, 0.25) is 5.02 Å². The van der Waals surface area contributed by atoms with Gasteiger partial charge in [-0.1, -0.05) is 30.5 Å². The molecule has 1 aliphatic heterocycles. The summed E-state index contributed by atoms with van der Waals surface area (Å²) >= 11 is 5.84. The Hall–Kier alpha value is -2.92. The molecule has 8 nitrogen and oxygen atoms in total. The smallest absolute Gasteiger partial charge is 0.261 e. The lowest BCUT2D eigenvalue weighted by molar-refractivity contribution is 0.102. The van der Waals surface area contributed by atoms with Crippen LogP contribution < -0.4 is 10.0 Å². The van der Waals surface area contributed by atoms with Gasteiger partial charge in [-0.15, -0.1) is 0 Å². The number of rotatable bonds is 7. The Labute approximate surface area is 222 Å². The minimum absolute atomic E-state index is 0.0159. The molecular weight excluding hydrogens is 534 g/mol. The average molecular weight is 562 g/mol. The maximum Gasteiger partial charge on any atom is 0.261 e. The number of hydrogen-bond acceptors (Lipinski definition) is 5. The molecule has 3 aromatic rings. The summed E-state index contributed by atoms with van der Waals surface area (Å²) in [6.45, 7) is 2.68. The van der Waals surface area contributed by atoms with E-state index in [9.17, 15) is 21.6 Å². The number of aryl methyl sites for hydroxylation is 1. The van der Waals surface area contributed by atoms with E-state index in [4.69, 9.17) is 11.6 Å². The third-order valence-corrected chi connectivity index (χ3v) is 9.72. The molecule has 0 saturated carbocycles. The summed E-state index contributed by atoms with van der Waals surface area (Å²) < 4.78 is 55.7. The largest absolute Gasteiger partial charge is 0.322 e. The van der Waals surface area contributed by atoms with Crippen molar-refractivity contribution in [1.82, 2.24) is 4.31 Å². The van der Waals surface area contributed by atoms with Gasteiger partial charge < -0.3 is 5.32 Å². The van der Waals surface area contributed by atoms with E-state index in [0.717, 1.165) is 25.7 Å². The van der Waals surface area contributed by atoms with Crippen LogP contribution in [0.5, 0.6) is 0 Å². The zero-order valence-electron chi connectivity index (χ0n) is 20.3. The van der Waals surface area contributed by atoms with Crippen molar-refractivity contribution >= 4 is 48.9 Å². The molecule has 2 N–H and O–H groups in total. The van der Waals surface area contributed by atoms with Crippen LogP contribution in [0.4, 0.5) is 11.4 Å². The monoisotopic (exact) mass is 561 g/mol. The van der Waals surface area contributed by atoms with Crippen molar-refractivity contribution < 1.29 is 21.6 Å². The van der Waals surface area contributed by atoms with E-state index < -0.39 is 26.0 Å². The van der Waals surface area contributed by atoms with Crippen molar-refractivity contribution in [3.8, 4) is 0 Å². The third kappa shape index (κ3) is 6.51. The minimum atomic E-state index is -3.84. The molecule has 3 aromatic carbocycles. The molecule has 1 saturated heterocycles. The molecule has 0 spiro atoms. The standard InChI is InChI=1S/C26H28ClN3O5S2/c1-19-6-13-24(37(34,35)30-16-4-2-3-5-17-30)18-25(19)26(31)28-21-11-14-23(15-12-21)36(32,33)29-22-9-7-20(27)8-10-22/h6-15,18,29H,2-5,16-17H2,1H3,(H,28,31). The highest BCUT2D eigenvalue weighted by Gasteiger charge is 2.26. The summed E-state index contributed by atoms with van der Waals surface area (Å²) in [4.78, 5) is 13.1. The molecule has 0 radical (unpaired) electrons. The van der Waals surface area contributed by atoms with E-state index in [2.05, 4.69) is 10.0 Å². The van der Waals surface area contributed by atoms with Gasteiger partial charge in [-0.3, -0.25) is 9.52 Å². The van der Waals surface area contributed by atoms with Crippen LogP contribution >= 0.6 is 11.6 Å². The summed E-state index contributed by atoms with van der Waals surface area (Å²) in [5.41, 5.74) is 1.60. The second kappa shape index (κ2) is 11.2.